The molecule has 0 aliphatic carbocycles. The molecule has 0 saturated heterocycles. The van der Waals surface area contributed by atoms with E-state index in [2.05, 4.69) is 15.3 Å². The molecular formula is C21H31IN4O3. The number of aliphatic imine (C=N–C) groups is 1. The van der Waals surface area contributed by atoms with Gasteiger partial charge in [-0.05, 0) is 26.0 Å². The molecule has 1 aromatic carbocycles. The molecule has 0 bridgehead atoms. The Kier molecular flexibility index (Phi) is 10.0. The third kappa shape index (κ3) is 6.12. The number of nitrogens with one attached hydrogen (secondary N) is 1. The highest BCUT2D eigenvalue weighted by molar-refractivity contribution is 14.0. The van der Waals surface area contributed by atoms with Crippen LogP contribution < -0.4 is 19.5 Å². The first-order valence-corrected chi connectivity index (χ1v) is 9.06. The lowest BCUT2D eigenvalue weighted by Gasteiger charge is -2.23. The zero-order valence-corrected chi connectivity index (χ0v) is 20.5. The Bertz CT molecular complexity index is 843. The number of aryl methyl sites for hydroxylation is 1. The molecule has 0 radical (unpaired) electrons. The Morgan fingerprint density at radius 2 is 1.86 bits per heavy atom. The molecule has 8 heteroatoms. The average Bonchev–Trinajstić information content (AvgIpc) is 2.70. The first-order chi connectivity index (χ1) is 13.4. The molecule has 0 aliphatic heterocycles. The van der Waals surface area contributed by atoms with Gasteiger partial charge >= 0.3 is 0 Å². The number of pyridine rings is 1. The molecule has 2 rings (SSSR count). The number of hydrogen-bond acceptors (Lipinski definition) is 5. The standard InChI is InChI=1S/C21H30N4O3.HI/c1-14-11-23-18(15(2)20(14)28-7)12-24-21(22-3)25(4)13-16-8-9-17(26-5)10-19(16)27-6;/h8-11H,12-13H2,1-7H3,(H,22,24);1H. The second-order valence-electron chi connectivity index (χ2n) is 6.48. The van der Waals surface area contributed by atoms with E-state index in [1.165, 1.54) is 0 Å². The molecule has 0 spiro atoms. The normalized spacial score (nSPS) is 10.8. The fraction of sp³-hybridized carbons (Fsp3) is 0.429. The van der Waals surface area contributed by atoms with Gasteiger partial charge in [0.1, 0.15) is 17.2 Å². The smallest absolute Gasteiger partial charge is 0.194 e. The summed E-state index contributed by atoms with van der Waals surface area (Å²) < 4.78 is 16.2. The van der Waals surface area contributed by atoms with Crippen LogP contribution in [-0.2, 0) is 13.1 Å². The maximum atomic E-state index is 5.49. The van der Waals surface area contributed by atoms with Crippen LogP contribution in [0.1, 0.15) is 22.4 Å². The summed E-state index contributed by atoms with van der Waals surface area (Å²) in [6.07, 6.45) is 1.83. The van der Waals surface area contributed by atoms with E-state index in [4.69, 9.17) is 14.2 Å². The largest absolute Gasteiger partial charge is 0.497 e. The summed E-state index contributed by atoms with van der Waals surface area (Å²) in [5, 5.41) is 3.37. The van der Waals surface area contributed by atoms with Crippen molar-refractivity contribution in [3.8, 4) is 17.2 Å². The Morgan fingerprint density at radius 1 is 1.14 bits per heavy atom. The minimum atomic E-state index is 0. The Labute approximate surface area is 190 Å². The predicted octanol–water partition coefficient (Wildman–Crippen LogP) is 3.55. The molecule has 29 heavy (non-hydrogen) atoms. The summed E-state index contributed by atoms with van der Waals surface area (Å²) in [5.74, 6) is 3.18. The predicted molar refractivity (Wildman–Crippen MR) is 127 cm³/mol. The van der Waals surface area contributed by atoms with Crippen LogP contribution in [0.15, 0.2) is 29.4 Å². The Balaban J connectivity index is 0.00000420. The van der Waals surface area contributed by atoms with Crippen molar-refractivity contribution in [1.29, 1.82) is 0 Å². The summed E-state index contributed by atoms with van der Waals surface area (Å²) in [6, 6.07) is 5.80. The van der Waals surface area contributed by atoms with Crippen molar-refractivity contribution in [2.45, 2.75) is 26.9 Å². The van der Waals surface area contributed by atoms with Gasteiger partial charge in [-0.1, -0.05) is 0 Å². The third-order valence-corrected chi connectivity index (χ3v) is 4.64. The first kappa shape index (κ1) is 24.8. The molecule has 1 N–H and O–H groups in total. The molecule has 2 aromatic rings. The lowest BCUT2D eigenvalue weighted by atomic mass is 10.1. The average molecular weight is 514 g/mol. The number of nitrogens with zero attached hydrogens (tertiary/aromatic N) is 3. The fourth-order valence-electron chi connectivity index (χ4n) is 3.11. The fourth-order valence-corrected chi connectivity index (χ4v) is 3.11. The zero-order valence-electron chi connectivity index (χ0n) is 18.2. The zero-order chi connectivity index (χ0) is 20.7. The monoisotopic (exact) mass is 514 g/mol. The van der Waals surface area contributed by atoms with E-state index in [1.54, 1.807) is 28.4 Å². The molecular weight excluding hydrogens is 483 g/mol. The molecule has 1 aromatic heterocycles. The van der Waals surface area contributed by atoms with Gasteiger partial charge in [-0.15, -0.1) is 24.0 Å². The number of halogens is 1. The summed E-state index contributed by atoms with van der Waals surface area (Å²) in [6.45, 7) is 5.20. The Hall–Kier alpha value is -2.23. The molecule has 1 heterocycles. The molecule has 0 unspecified atom stereocenters. The number of guanidine groups is 1. The molecule has 0 atom stereocenters. The number of ether oxygens (including phenoxy) is 3. The molecule has 0 aliphatic rings. The van der Waals surface area contributed by atoms with Gasteiger partial charge in [0, 0.05) is 49.6 Å². The van der Waals surface area contributed by atoms with Crippen LogP contribution in [0.25, 0.3) is 0 Å². The van der Waals surface area contributed by atoms with E-state index in [0.717, 1.165) is 45.6 Å². The van der Waals surface area contributed by atoms with Crippen LogP contribution in [0.5, 0.6) is 17.2 Å². The van der Waals surface area contributed by atoms with Gasteiger partial charge in [-0.25, -0.2) is 0 Å². The molecule has 0 amide bonds. The molecule has 0 fully saturated rings. The molecule has 7 nitrogen and oxygen atoms in total. The van der Waals surface area contributed by atoms with Crippen LogP contribution in [-0.4, -0.2) is 51.3 Å². The van der Waals surface area contributed by atoms with Crippen LogP contribution in [0.2, 0.25) is 0 Å². The highest BCUT2D eigenvalue weighted by Crippen LogP contribution is 2.26. The molecule has 0 saturated carbocycles. The van der Waals surface area contributed by atoms with Gasteiger partial charge < -0.3 is 24.4 Å². The summed E-state index contributed by atoms with van der Waals surface area (Å²) >= 11 is 0. The van der Waals surface area contributed by atoms with Crippen molar-refractivity contribution >= 4 is 29.9 Å². The van der Waals surface area contributed by atoms with Crippen LogP contribution >= 0.6 is 24.0 Å². The summed E-state index contributed by atoms with van der Waals surface area (Å²) in [5.41, 5.74) is 4.03. The first-order valence-electron chi connectivity index (χ1n) is 9.06. The van der Waals surface area contributed by atoms with Gasteiger partial charge in [0.25, 0.3) is 0 Å². The van der Waals surface area contributed by atoms with Crippen molar-refractivity contribution < 1.29 is 14.2 Å². The number of hydrogen-bond donors (Lipinski definition) is 1. The lowest BCUT2D eigenvalue weighted by molar-refractivity contribution is 0.382. The van der Waals surface area contributed by atoms with Crippen molar-refractivity contribution in [3.63, 3.8) is 0 Å². The topological polar surface area (TPSA) is 68.2 Å². The highest BCUT2D eigenvalue weighted by atomic mass is 127. The van der Waals surface area contributed by atoms with Crippen LogP contribution in [0.4, 0.5) is 0 Å². The third-order valence-electron chi connectivity index (χ3n) is 4.64. The lowest BCUT2D eigenvalue weighted by Crippen LogP contribution is -2.38. The van der Waals surface area contributed by atoms with Crippen molar-refractivity contribution in [2.24, 2.45) is 4.99 Å². The maximum Gasteiger partial charge on any atom is 0.194 e. The number of benzene rings is 1. The van der Waals surface area contributed by atoms with Crippen molar-refractivity contribution in [3.05, 3.63) is 46.8 Å². The van der Waals surface area contributed by atoms with E-state index in [9.17, 15) is 0 Å². The molecule has 160 valence electrons. The van der Waals surface area contributed by atoms with Gasteiger partial charge in [0.2, 0.25) is 0 Å². The summed E-state index contributed by atoms with van der Waals surface area (Å²) in [7, 11) is 8.73. The van der Waals surface area contributed by atoms with E-state index in [1.807, 2.05) is 50.2 Å². The van der Waals surface area contributed by atoms with Gasteiger partial charge in [0.15, 0.2) is 5.96 Å². The number of methoxy groups -OCH3 is 3. The van der Waals surface area contributed by atoms with Gasteiger partial charge in [-0.3, -0.25) is 9.98 Å². The SMILES string of the molecule is CN=C(NCc1ncc(C)c(OC)c1C)N(C)Cc1ccc(OC)cc1OC.I. The number of rotatable bonds is 7. The van der Waals surface area contributed by atoms with Gasteiger partial charge in [0.05, 0.1) is 33.6 Å². The van der Waals surface area contributed by atoms with Crippen LogP contribution in [0, 0.1) is 13.8 Å². The van der Waals surface area contributed by atoms with E-state index < -0.39 is 0 Å². The maximum absolute atomic E-state index is 5.49. The second kappa shape index (κ2) is 11.7. The van der Waals surface area contributed by atoms with Crippen molar-refractivity contribution in [2.75, 3.05) is 35.4 Å². The quantitative estimate of drug-likeness (QED) is 0.347. The van der Waals surface area contributed by atoms with E-state index in [0.29, 0.717) is 13.1 Å². The Morgan fingerprint density at radius 3 is 2.45 bits per heavy atom. The van der Waals surface area contributed by atoms with Crippen LogP contribution in [0.3, 0.4) is 0 Å². The minimum absolute atomic E-state index is 0. The van der Waals surface area contributed by atoms with Crippen molar-refractivity contribution in [1.82, 2.24) is 15.2 Å². The van der Waals surface area contributed by atoms with E-state index in [-0.39, 0.29) is 24.0 Å². The minimum Gasteiger partial charge on any atom is -0.497 e. The number of aromatic nitrogens is 1. The summed E-state index contributed by atoms with van der Waals surface area (Å²) in [4.78, 5) is 11.0. The van der Waals surface area contributed by atoms with Gasteiger partial charge in [-0.2, -0.15) is 0 Å². The highest BCUT2D eigenvalue weighted by Gasteiger charge is 2.13. The second-order valence-corrected chi connectivity index (χ2v) is 6.48. The van der Waals surface area contributed by atoms with E-state index >= 15 is 0 Å².